The lowest BCUT2D eigenvalue weighted by Gasteiger charge is -2.08. The highest BCUT2D eigenvalue weighted by atomic mass is 16.3. The van der Waals surface area contributed by atoms with E-state index in [1.165, 1.54) is 0 Å². The number of carbonyl (C=O) groups excluding carboxylic acids is 1. The van der Waals surface area contributed by atoms with Crippen molar-refractivity contribution in [2.24, 2.45) is 0 Å². The molecular weight excluding hydrogens is 326 g/mol. The van der Waals surface area contributed by atoms with Crippen LogP contribution in [0.25, 0.3) is 22.3 Å². The first-order valence-electron chi connectivity index (χ1n) is 8.34. The Kier molecular flexibility index (Phi) is 3.97. The zero-order valence-corrected chi connectivity index (χ0v) is 14.2. The number of hydrogen-bond donors (Lipinski definition) is 2. The van der Waals surface area contributed by atoms with Gasteiger partial charge in [-0.05, 0) is 42.8 Å². The van der Waals surface area contributed by atoms with Gasteiger partial charge in [0.15, 0.2) is 11.4 Å². The SMILES string of the molecule is Cc1[nH]nc2nc(-c3ccc(O)cc3)cc(CC(=O)c3ccccc3)c12. The van der Waals surface area contributed by atoms with Crippen molar-refractivity contribution in [3.05, 3.63) is 77.5 Å². The quantitative estimate of drug-likeness (QED) is 0.548. The molecule has 4 rings (SSSR count). The van der Waals surface area contributed by atoms with Gasteiger partial charge in [0.1, 0.15) is 5.75 Å². The Balaban J connectivity index is 1.80. The average Bonchev–Trinajstić information content (AvgIpc) is 3.04. The molecule has 0 spiro atoms. The molecule has 0 saturated heterocycles. The fourth-order valence-corrected chi connectivity index (χ4v) is 3.08. The number of aromatic hydroxyl groups is 1. The number of rotatable bonds is 4. The fraction of sp³-hybridized carbons (Fsp3) is 0.0952. The topological polar surface area (TPSA) is 78.9 Å². The van der Waals surface area contributed by atoms with E-state index in [-0.39, 0.29) is 18.0 Å². The summed E-state index contributed by atoms with van der Waals surface area (Å²) in [5, 5.41) is 17.6. The summed E-state index contributed by atoms with van der Waals surface area (Å²) in [7, 11) is 0. The Labute approximate surface area is 150 Å². The second-order valence-corrected chi connectivity index (χ2v) is 6.23. The number of ketones is 1. The molecule has 0 amide bonds. The number of nitrogens with one attached hydrogen (secondary N) is 1. The van der Waals surface area contributed by atoms with Crippen LogP contribution in [-0.4, -0.2) is 26.1 Å². The number of benzene rings is 2. The Bertz CT molecular complexity index is 1080. The van der Waals surface area contributed by atoms with Crippen molar-refractivity contribution in [3.63, 3.8) is 0 Å². The van der Waals surface area contributed by atoms with Gasteiger partial charge in [-0.3, -0.25) is 9.89 Å². The van der Waals surface area contributed by atoms with E-state index in [4.69, 9.17) is 0 Å². The third-order valence-electron chi connectivity index (χ3n) is 4.40. The largest absolute Gasteiger partial charge is 0.508 e. The first-order valence-corrected chi connectivity index (χ1v) is 8.34. The Morgan fingerprint density at radius 1 is 1.08 bits per heavy atom. The van der Waals surface area contributed by atoms with Crippen LogP contribution in [-0.2, 0) is 6.42 Å². The van der Waals surface area contributed by atoms with Crippen LogP contribution < -0.4 is 0 Å². The van der Waals surface area contributed by atoms with Gasteiger partial charge in [0.2, 0.25) is 0 Å². The molecule has 26 heavy (non-hydrogen) atoms. The number of phenolic OH excluding ortho intramolecular Hbond substituents is 1. The smallest absolute Gasteiger partial charge is 0.182 e. The molecule has 0 aliphatic rings. The van der Waals surface area contributed by atoms with Gasteiger partial charge in [-0.15, -0.1) is 0 Å². The highest BCUT2D eigenvalue weighted by Crippen LogP contribution is 2.27. The molecule has 0 aliphatic heterocycles. The van der Waals surface area contributed by atoms with Crippen molar-refractivity contribution >= 4 is 16.8 Å². The van der Waals surface area contributed by atoms with E-state index in [9.17, 15) is 9.90 Å². The minimum absolute atomic E-state index is 0.0513. The predicted octanol–water partition coefficient (Wildman–Crippen LogP) is 4.06. The van der Waals surface area contributed by atoms with Crippen molar-refractivity contribution in [2.45, 2.75) is 13.3 Å². The number of aromatic nitrogens is 3. The minimum atomic E-state index is 0.0513. The predicted molar refractivity (Wildman–Crippen MR) is 100 cm³/mol. The van der Waals surface area contributed by atoms with E-state index in [1.54, 1.807) is 24.3 Å². The first-order chi connectivity index (χ1) is 12.6. The molecular formula is C21H17N3O2. The summed E-state index contributed by atoms with van der Waals surface area (Å²) in [4.78, 5) is 17.3. The van der Waals surface area contributed by atoms with Gasteiger partial charge in [0, 0.05) is 28.6 Å². The first kappa shape index (κ1) is 16.0. The molecule has 5 heteroatoms. The molecule has 128 valence electrons. The van der Waals surface area contributed by atoms with Gasteiger partial charge < -0.3 is 5.11 Å². The number of fused-ring (bicyclic) bond motifs is 1. The van der Waals surface area contributed by atoms with Crippen LogP contribution in [0.5, 0.6) is 5.75 Å². The highest BCUT2D eigenvalue weighted by Gasteiger charge is 2.16. The number of aryl methyl sites for hydroxylation is 1. The number of nitrogens with zero attached hydrogens (tertiary/aromatic N) is 2. The molecule has 5 nitrogen and oxygen atoms in total. The average molecular weight is 343 g/mol. The summed E-state index contributed by atoms with van der Waals surface area (Å²) in [5.74, 6) is 0.250. The lowest BCUT2D eigenvalue weighted by Crippen LogP contribution is -2.04. The molecule has 0 unspecified atom stereocenters. The standard InChI is InChI=1S/C21H17N3O2/c1-13-20-16(12-19(26)15-5-3-2-4-6-15)11-18(22-21(20)24-23-13)14-7-9-17(25)10-8-14/h2-11,25H,12H2,1H3,(H,22,23,24). The van der Waals surface area contributed by atoms with E-state index in [2.05, 4.69) is 15.2 Å². The van der Waals surface area contributed by atoms with Gasteiger partial charge >= 0.3 is 0 Å². The van der Waals surface area contributed by atoms with Crippen LogP contribution in [0.4, 0.5) is 0 Å². The number of carbonyl (C=O) groups is 1. The molecule has 0 bridgehead atoms. The molecule has 0 aliphatic carbocycles. The van der Waals surface area contributed by atoms with E-state index >= 15 is 0 Å². The van der Waals surface area contributed by atoms with E-state index in [1.807, 2.05) is 43.3 Å². The van der Waals surface area contributed by atoms with E-state index in [0.717, 1.165) is 27.9 Å². The van der Waals surface area contributed by atoms with Gasteiger partial charge in [-0.25, -0.2) is 4.98 Å². The summed E-state index contributed by atoms with van der Waals surface area (Å²) in [6.07, 6.45) is 0.272. The molecule has 0 atom stereocenters. The monoisotopic (exact) mass is 343 g/mol. The van der Waals surface area contributed by atoms with Crippen molar-refractivity contribution in [1.29, 1.82) is 0 Å². The highest BCUT2D eigenvalue weighted by molar-refractivity contribution is 6.00. The van der Waals surface area contributed by atoms with Crippen molar-refractivity contribution in [1.82, 2.24) is 15.2 Å². The fourth-order valence-electron chi connectivity index (χ4n) is 3.08. The Morgan fingerprint density at radius 2 is 1.81 bits per heavy atom. The van der Waals surface area contributed by atoms with Crippen LogP contribution in [0.1, 0.15) is 21.6 Å². The third kappa shape index (κ3) is 2.95. The van der Waals surface area contributed by atoms with Gasteiger partial charge in [0.25, 0.3) is 0 Å². The van der Waals surface area contributed by atoms with Crippen LogP contribution in [0.3, 0.4) is 0 Å². The van der Waals surface area contributed by atoms with E-state index in [0.29, 0.717) is 11.2 Å². The van der Waals surface area contributed by atoms with Crippen molar-refractivity contribution in [3.8, 4) is 17.0 Å². The van der Waals surface area contributed by atoms with E-state index < -0.39 is 0 Å². The maximum absolute atomic E-state index is 12.7. The summed E-state index contributed by atoms with van der Waals surface area (Å²) in [5.41, 5.74) is 4.63. The van der Waals surface area contributed by atoms with Crippen LogP contribution in [0.15, 0.2) is 60.7 Å². The number of pyridine rings is 1. The van der Waals surface area contributed by atoms with Crippen molar-refractivity contribution < 1.29 is 9.90 Å². The lowest BCUT2D eigenvalue weighted by molar-refractivity contribution is 0.0993. The minimum Gasteiger partial charge on any atom is -0.508 e. The van der Waals surface area contributed by atoms with Crippen LogP contribution in [0.2, 0.25) is 0 Å². The molecule has 2 N–H and O–H groups in total. The number of Topliss-reactive ketones (excluding diaryl/α,β-unsaturated/α-hetero) is 1. The zero-order chi connectivity index (χ0) is 18.1. The maximum Gasteiger partial charge on any atom is 0.182 e. The van der Waals surface area contributed by atoms with Gasteiger partial charge in [-0.2, -0.15) is 5.10 Å². The maximum atomic E-state index is 12.7. The molecule has 0 saturated carbocycles. The van der Waals surface area contributed by atoms with Crippen LogP contribution in [0, 0.1) is 6.92 Å². The number of H-pyrrole nitrogens is 1. The third-order valence-corrected chi connectivity index (χ3v) is 4.40. The van der Waals surface area contributed by atoms with Crippen molar-refractivity contribution in [2.75, 3.05) is 0 Å². The summed E-state index contributed by atoms with van der Waals surface area (Å²) < 4.78 is 0. The molecule has 2 aromatic heterocycles. The number of aromatic amines is 1. The molecule has 2 aromatic carbocycles. The molecule has 2 heterocycles. The normalized spacial score (nSPS) is 11.0. The van der Waals surface area contributed by atoms with Gasteiger partial charge in [0.05, 0.1) is 5.69 Å². The summed E-state index contributed by atoms with van der Waals surface area (Å²) in [6, 6.07) is 18.0. The molecule has 0 radical (unpaired) electrons. The molecule has 4 aromatic rings. The zero-order valence-electron chi connectivity index (χ0n) is 14.2. The summed E-state index contributed by atoms with van der Waals surface area (Å²) >= 11 is 0. The number of hydrogen-bond acceptors (Lipinski definition) is 4. The number of phenols is 1. The molecule has 0 fully saturated rings. The van der Waals surface area contributed by atoms with Gasteiger partial charge in [-0.1, -0.05) is 30.3 Å². The lowest BCUT2D eigenvalue weighted by atomic mass is 9.98. The summed E-state index contributed by atoms with van der Waals surface area (Å²) in [6.45, 7) is 1.92. The Morgan fingerprint density at radius 3 is 2.54 bits per heavy atom. The second-order valence-electron chi connectivity index (χ2n) is 6.23. The second kappa shape index (κ2) is 6.44. The Hall–Kier alpha value is -3.47. The van der Waals surface area contributed by atoms with Crippen LogP contribution >= 0.6 is 0 Å².